The number of carbonyl (C=O) groups is 3. The molecule has 33 heavy (non-hydrogen) atoms. The normalized spacial score (nSPS) is 16.5. The van der Waals surface area contributed by atoms with Gasteiger partial charge in [0.2, 0.25) is 5.91 Å². The Morgan fingerprint density at radius 2 is 1.55 bits per heavy atom. The number of carboxylic acids is 1. The minimum absolute atomic E-state index is 0.0508. The molecule has 0 radical (unpaired) electrons. The number of hydrogen-bond acceptors (Lipinski definition) is 4. The van der Waals surface area contributed by atoms with Crippen molar-refractivity contribution in [1.82, 2.24) is 10.6 Å². The topological polar surface area (TPSA) is 105 Å². The largest absolute Gasteiger partial charge is 0.480 e. The van der Waals surface area contributed by atoms with Crippen molar-refractivity contribution >= 4 is 18.0 Å². The second-order valence-electron chi connectivity index (χ2n) is 8.34. The molecule has 2 aliphatic carbocycles. The van der Waals surface area contributed by atoms with Gasteiger partial charge >= 0.3 is 12.1 Å². The number of halogens is 2. The molecule has 2 atom stereocenters. The highest BCUT2D eigenvalue weighted by atomic mass is 19.3. The van der Waals surface area contributed by atoms with Crippen LogP contribution in [0.15, 0.2) is 48.5 Å². The molecule has 2 aliphatic rings. The van der Waals surface area contributed by atoms with Gasteiger partial charge in [0.05, 0.1) is 6.42 Å². The first-order chi connectivity index (χ1) is 15.8. The van der Waals surface area contributed by atoms with Crippen LogP contribution in [0.3, 0.4) is 0 Å². The second-order valence-corrected chi connectivity index (χ2v) is 8.34. The highest BCUT2D eigenvalue weighted by Gasteiger charge is 2.38. The zero-order valence-corrected chi connectivity index (χ0v) is 17.7. The molecule has 3 N–H and O–H groups in total. The number of hydrogen-bond donors (Lipinski definition) is 3. The van der Waals surface area contributed by atoms with Crippen LogP contribution in [0.25, 0.3) is 11.1 Å². The smallest absolute Gasteiger partial charge is 0.407 e. The fourth-order valence-electron chi connectivity index (χ4n) is 4.24. The zero-order chi connectivity index (χ0) is 23.5. The molecule has 2 aromatic carbocycles. The average Bonchev–Trinajstić information content (AvgIpc) is 3.58. The molecule has 1 fully saturated rings. The summed E-state index contributed by atoms with van der Waals surface area (Å²) in [5, 5.41) is 13.5. The SMILES string of the molecule is O=C(CC(NC(=O)OCC1c2ccccc2-c2ccccc21)C(F)F)NC(C(=O)O)C1CC1. The number of ether oxygens (including phenoxy) is 1. The molecular weight excluding hydrogens is 434 g/mol. The Kier molecular flexibility index (Phi) is 6.57. The van der Waals surface area contributed by atoms with Gasteiger partial charge in [-0.3, -0.25) is 4.79 Å². The minimum atomic E-state index is -3.03. The number of benzene rings is 2. The lowest BCUT2D eigenvalue weighted by molar-refractivity contribution is -0.142. The van der Waals surface area contributed by atoms with E-state index >= 15 is 0 Å². The monoisotopic (exact) mass is 458 g/mol. The number of amides is 2. The maximum absolute atomic E-state index is 13.5. The number of aliphatic carboxylic acids is 1. The molecule has 2 amide bonds. The Morgan fingerprint density at radius 1 is 0.970 bits per heavy atom. The molecule has 2 unspecified atom stereocenters. The molecule has 0 bridgehead atoms. The summed E-state index contributed by atoms with van der Waals surface area (Å²) in [5.74, 6) is -2.49. The lowest BCUT2D eigenvalue weighted by atomic mass is 9.98. The van der Waals surface area contributed by atoms with Crippen molar-refractivity contribution in [2.24, 2.45) is 5.92 Å². The van der Waals surface area contributed by atoms with Crippen molar-refractivity contribution in [2.75, 3.05) is 6.61 Å². The van der Waals surface area contributed by atoms with Crippen LogP contribution in [-0.4, -0.2) is 48.2 Å². The summed E-state index contributed by atoms with van der Waals surface area (Å²) in [6, 6.07) is 12.5. The summed E-state index contributed by atoms with van der Waals surface area (Å²) >= 11 is 0. The van der Waals surface area contributed by atoms with Crippen LogP contribution in [0.5, 0.6) is 0 Å². The molecule has 0 saturated heterocycles. The van der Waals surface area contributed by atoms with Gasteiger partial charge in [-0.1, -0.05) is 48.5 Å². The molecule has 0 aromatic heterocycles. The van der Waals surface area contributed by atoms with Gasteiger partial charge in [0, 0.05) is 5.92 Å². The molecule has 7 nitrogen and oxygen atoms in total. The van der Waals surface area contributed by atoms with Crippen LogP contribution in [0.2, 0.25) is 0 Å². The Balaban J connectivity index is 1.35. The van der Waals surface area contributed by atoms with Gasteiger partial charge < -0.3 is 20.5 Å². The highest BCUT2D eigenvalue weighted by Crippen LogP contribution is 2.44. The van der Waals surface area contributed by atoms with Crippen LogP contribution >= 0.6 is 0 Å². The number of carbonyl (C=O) groups excluding carboxylic acids is 2. The predicted molar refractivity (Wildman–Crippen MR) is 115 cm³/mol. The van der Waals surface area contributed by atoms with Gasteiger partial charge in [-0.25, -0.2) is 18.4 Å². The van der Waals surface area contributed by atoms with Crippen molar-refractivity contribution in [3.63, 3.8) is 0 Å². The van der Waals surface area contributed by atoms with Crippen LogP contribution in [0.4, 0.5) is 13.6 Å². The Morgan fingerprint density at radius 3 is 2.06 bits per heavy atom. The summed E-state index contributed by atoms with van der Waals surface area (Å²) in [6.07, 6.45) is -3.52. The van der Waals surface area contributed by atoms with E-state index in [0.29, 0.717) is 12.8 Å². The third-order valence-corrected chi connectivity index (χ3v) is 6.03. The maximum Gasteiger partial charge on any atom is 0.407 e. The van der Waals surface area contributed by atoms with E-state index in [0.717, 1.165) is 22.3 Å². The molecular formula is C24H24F2N2O5. The quantitative estimate of drug-likeness (QED) is 0.533. The van der Waals surface area contributed by atoms with Gasteiger partial charge in [-0.15, -0.1) is 0 Å². The minimum Gasteiger partial charge on any atom is -0.480 e. The second kappa shape index (κ2) is 9.56. The molecule has 0 aliphatic heterocycles. The molecule has 174 valence electrons. The molecule has 2 aromatic rings. The van der Waals surface area contributed by atoms with E-state index in [1.807, 2.05) is 53.8 Å². The van der Waals surface area contributed by atoms with Gasteiger partial charge in [-0.2, -0.15) is 0 Å². The summed E-state index contributed by atoms with van der Waals surface area (Å²) < 4.78 is 32.2. The number of fused-ring (bicyclic) bond motifs is 3. The van der Waals surface area contributed by atoms with E-state index in [9.17, 15) is 28.3 Å². The van der Waals surface area contributed by atoms with E-state index in [2.05, 4.69) is 5.32 Å². The number of alkyl halides is 2. The fraction of sp³-hybridized carbons (Fsp3) is 0.375. The van der Waals surface area contributed by atoms with Gasteiger partial charge in [0.15, 0.2) is 0 Å². The van der Waals surface area contributed by atoms with Crippen molar-refractivity contribution in [3.05, 3.63) is 59.7 Å². The van der Waals surface area contributed by atoms with E-state index in [1.54, 1.807) is 0 Å². The van der Waals surface area contributed by atoms with Crippen molar-refractivity contribution < 1.29 is 33.0 Å². The maximum atomic E-state index is 13.5. The third kappa shape index (κ3) is 5.13. The summed E-state index contributed by atoms with van der Waals surface area (Å²) in [7, 11) is 0. The van der Waals surface area contributed by atoms with E-state index in [-0.39, 0.29) is 18.4 Å². The van der Waals surface area contributed by atoms with Gasteiger partial charge in [0.25, 0.3) is 6.43 Å². The highest BCUT2D eigenvalue weighted by molar-refractivity contribution is 5.84. The molecule has 1 saturated carbocycles. The first-order valence-electron chi connectivity index (χ1n) is 10.8. The third-order valence-electron chi connectivity index (χ3n) is 6.03. The Labute approximate surface area is 189 Å². The Hall–Kier alpha value is -3.49. The Bertz CT molecular complexity index is 1010. The van der Waals surface area contributed by atoms with Gasteiger partial charge in [-0.05, 0) is 41.0 Å². The van der Waals surface area contributed by atoms with Gasteiger partial charge in [0.1, 0.15) is 18.7 Å². The van der Waals surface area contributed by atoms with E-state index in [1.165, 1.54) is 0 Å². The van der Waals surface area contributed by atoms with Crippen LogP contribution in [0, 0.1) is 5.92 Å². The van der Waals surface area contributed by atoms with Crippen molar-refractivity contribution in [2.45, 2.75) is 43.7 Å². The summed E-state index contributed by atoms with van der Waals surface area (Å²) in [4.78, 5) is 35.7. The van der Waals surface area contributed by atoms with Crippen LogP contribution in [-0.2, 0) is 14.3 Å². The van der Waals surface area contributed by atoms with E-state index in [4.69, 9.17) is 4.74 Å². The van der Waals surface area contributed by atoms with Crippen molar-refractivity contribution in [3.8, 4) is 11.1 Å². The first kappa shape index (κ1) is 22.7. The molecule has 0 spiro atoms. The molecule has 9 heteroatoms. The first-order valence-corrected chi connectivity index (χ1v) is 10.8. The average molecular weight is 458 g/mol. The van der Waals surface area contributed by atoms with Crippen LogP contribution in [0.1, 0.15) is 36.3 Å². The lowest BCUT2D eigenvalue weighted by Gasteiger charge is -2.20. The standard InChI is InChI=1S/C24H24F2N2O5/c25-22(26)19(11-20(29)28-21(23(30)31)13-9-10-13)27-24(32)33-12-18-16-7-3-1-5-14(16)15-6-2-4-8-17(15)18/h1-8,13,18-19,21-22H,9-12H2,(H,27,32)(H,28,29)(H,30,31). The van der Waals surface area contributed by atoms with Crippen LogP contribution < -0.4 is 10.6 Å². The number of rotatable bonds is 9. The fourth-order valence-corrected chi connectivity index (χ4v) is 4.24. The predicted octanol–water partition coefficient (Wildman–Crippen LogP) is 3.53. The number of alkyl carbamates (subject to hydrolysis) is 1. The zero-order valence-electron chi connectivity index (χ0n) is 17.7. The van der Waals surface area contributed by atoms with Crippen molar-refractivity contribution in [1.29, 1.82) is 0 Å². The summed E-state index contributed by atoms with van der Waals surface area (Å²) in [5.41, 5.74) is 4.04. The lowest BCUT2D eigenvalue weighted by Crippen LogP contribution is -2.47. The molecule has 0 heterocycles. The molecule has 4 rings (SSSR count). The summed E-state index contributed by atoms with van der Waals surface area (Å²) in [6.45, 7) is -0.0508. The number of nitrogens with one attached hydrogen (secondary N) is 2. The number of carboxylic acid groups (broad SMARTS) is 1. The van der Waals surface area contributed by atoms with E-state index < -0.39 is 42.9 Å².